The summed E-state index contributed by atoms with van der Waals surface area (Å²) in [5.41, 5.74) is 1.27. The molecule has 0 heterocycles. The lowest BCUT2D eigenvalue weighted by atomic mass is 10.3. The minimum atomic E-state index is -0.255. The molecule has 0 saturated heterocycles. The lowest BCUT2D eigenvalue weighted by Crippen LogP contribution is -2.20. The van der Waals surface area contributed by atoms with Crippen molar-refractivity contribution in [1.82, 2.24) is 0 Å². The number of hydrogen-bond donors (Lipinski definition) is 2. The number of nitrogens with one attached hydrogen (secondary N) is 2. The lowest BCUT2D eigenvalue weighted by molar-refractivity contribution is -0.118. The van der Waals surface area contributed by atoms with E-state index in [1.54, 1.807) is 37.4 Å². The SMILES string of the molecule is COc1ccccc1NC(=O)CSc1cccc(NC(=O)COc2ccccc2)c1. The highest BCUT2D eigenvalue weighted by atomic mass is 32.2. The molecule has 2 N–H and O–H groups in total. The van der Waals surface area contributed by atoms with Crippen molar-refractivity contribution in [3.8, 4) is 11.5 Å². The fourth-order valence-corrected chi connectivity index (χ4v) is 3.36. The van der Waals surface area contributed by atoms with Crippen LogP contribution in [0.4, 0.5) is 11.4 Å². The molecule has 3 aromatic rings. The fourth-order valence-electron chi connectivity index (χ4n) is 2.61. The van der Waals surface area contributed by atoms with E-state index in [1.165, 1.54) is 11.8 Å². The predicted octanol–water partition coefficient (Wildman–Crippen LogP) is 4.44. The van der Waals surface area contributed by atoms with E-state index >= 15 is 0 Å². The van der Waals surface area contributed by atoms with Crippen molar-refractivity contribution in [2.24, 2.45) is 0 Å². The van der Waals surface area contributed by atoms with Crippen LogP contribution in [0.25, 0.3) is 0 Å². The van der Waals surface area contributed by atoms with E-state index in [-0.39, 0.29) is 24.2 Å². The number of para-hydroxylation sites is 3. The molecule has 0 saturated carbocycles. The molecule has 3 rings (SSSR count). The molecule has 2 amide bonds. The number of carbonyl (C=O) groups excluding carboxylic acids is 2. The summed E-state index contributed by atoms with van der Waals surface area (Å²) in [6.45, 7) is -0.0807. The molecule has 0 aromatic heterocycles. The van der Waals surface area contributed by atoms with Crippen LogP contribution in [0.5, 0.6) is 11.5 Å². The molecule has 3 aromatic carbocycles. The number of hydrogen-bond acceptors (Lipinski definition) is 5. The Morgan fingerprint density at radius 3 is 2.43 bits per heavy atom. The minimum Gasteiger partial charge on any atom is -0.495 e. The number of anilines is 2. The largest absolute Gasteiger partial charge is 0.495 e. The predicted molar refractivity (Wildman–Crippen MR) is 119 cm³/mol. The second-order valence-electron chi connectivity index (χ2n) is 6.21. The van der Waals surface area contributed by atoms with Crippen LogP contribution < -0.4 is 20.1 Å². The number of ether oxygens (including phenoxy) is 2. The zero-order valence-corrected chi connectivity index (χ0v) is 17.3. The Kier molecular flexibility index (Phi) is 7.74. The second-order valence-corrected chi connectivity index (χ2v) is 7.26. The highest BCUT2D eigenvalue weighted by molar-refractivity contribution is 8.00. The molecule has 7 heteroatoms. The first kappa shape index (κ1) is 21.3. The number of methoxy groups -OCH3 is 1. The molecule has 154 valence electrons. The lowest BCUT2D eigenvalue weighted by Gasteiger charge is -2.10. The summed E-state index contributed by atoms with van der Waals surface area (Å²) in [6.07, 6.45) is 0. The standard InChI is InChI=1S/C23H22N2O4S/c1-28-21-13-6-5-12-20(21)25-23(27)16-30-19-11-7-8-17(14-19)24-22(26)15-29-18-9-3-2-4-10-18/h2-14H,15-16H2,1H3,(H,24,26)(H,25,27). The van der Waals surface area contributed by atoms with E-state index in [1.807, 2.05) is 48.5 Å². The number of thioether (sulfide) groups is 1. The van der Waals surface area contributed by atoms with Gasteiger partial charge >= 0.3 is 0 Å². The number of amides is 2. The quantitative estimate of drug-likeness (QED) is 0.499. The third-order valence-corrected chi connectivity index (χ3v) is 4.98. The first-order valence-corrected chi connectivity index (χ1v) is 10.3. The highest BCUT2D eigenvalue weighted by Crippen LogP contribution is 2.25. The maximum atomic E-state index is 12.3. The third kappa shape index (κ3) is 6.56. The average molecular weight is 423 g/mol. The normalized spacial score (nSPS) is 10.2. The van der Waals surface area contributed by atoms with Gasteiger partial charge in [-0.25, -0.2) is 0 Å². The molecule has 0 radical (unpaired) electrons. The summed E-state index contributed by atoms with van der Waals surface area (Å²) in [7, 11) is 1.56. The number of benzene rings is 3. The molecule has 30 heavy (non-hydrogen) atoms. The van der Waals surface area contributed by atoms with Crippen LogP contribution >= 0.6 is 11.8 Å². The summed E-state index contributed by atoms with van der Waals surface area (Å²) in [4.78, 5) is 25.2. The van der Waals surface area contributed by atoms with Crippen LogP contribution in [0.2, 0.25) is 0 Å². The Hall–Kier alpha value is -3.45. The summed E-state index contributed by atoms with van der Waals surface area (Å²) in [5.74, 6) is 1.08. The van der Waals surface area contributed by atoms with Gasteiger partial charge < -0.3 is 20.1 Å². The van der Waals surface area contributed by atoms with Crippen LogP contribution in [0.15, 0.2) is 83.8 Å². The first-order chi connectivity index (χ1) is 14.6. The molecule has 0 bridgehead atoms. The van der Waals surface area contributed by atoms with Gasteiger partial charge in [0.25, 0.3) is 5.91 Å². The van der Waals surface area contributed by atoms with Gasteiger partial charge in [0.05, 0.1) is 18.6 Å². The Labute approximate surface area is 179 Å². The topological polar surface area (TPSA) is 76.7 Å². The molecule has 6 nitrogen and oxygen atoms in total. The van der Waals surface area contributed by atoms with E-state index < -0.39 is 0 Å². The van der Waals surface area contributed by atoms with Crippen molar-refractivity contribution < 1.29 is 19.1 Å². The van der Waals surface area contributed by atoms with E-state index in [4.69, 9.17) is 9.47 Å². The maximum Gasteiger partial charge on any atom is 0.262 e. The average Bonchev–Trinajstić information content (AvgIpc) is 2.78. The molecule has 0 aliphatic rings. The van der Waals surface area contributed by atoms with Crippen molar-refractivity contribution in [2.75, 3.05) is 30.1 Å². The van der Waals surface area contributed by atoms with Crippen LogP contribution in [0.1, 0.15) is 0 Å². The molecular weight excluding hydrogens is 400 g/mol. The molecule has 0 fully saturated rings. The van der Waals surface area contributed by atoms with Gasteiger partial charge in [-0.2, -0.15) is 0 Å². The monoisotopic (exact) mass is 422 g/mol. The van der Waals surface area contributed by atoms with Crippen molar-refractivity contribution >= 4 is 35.0 Å². The van der Waals surface area contributed by atoms with Gasteiger partial charge in [0.1, 0.15) is 11.5 Å². The second kappa shape index (κ2) is 10.9. The Morgan fingerprint density at radius 1 is 0.867 bits per heavy atom. The number of rotatable bonds is 9. The molecule has 0 aliphatic heterocycles. The maximum absolute atomic E-state index is 12.3. The summed E-state index contributed by atoms with van der Waals surface area (Å²) >= 11 is 1.38. The van der Waals surface area contributed by atoms with Gasteiger partial charge in [0, 0.05) is 10.6 Å². The van der Waals surface area contributed by atoms with Gasteiger partial charge in [0.15, 0.2) is 6.61 Å². The van der Waals surface area contributed by atoms with Gasteiger partial charge in [-0.15, -0.1) is 11.8 Å². The van der Waals surface area contributed by atoms with Crippen LogP contribution in [0.3, 0.4) is 0 Å². The van der Waals surface area contributed by atoms with Gasteiger partial charge in [-0.3, -0.25) is 9.59 Å². The van der Waals surface area contributed by atoms with Crippen molar-refractivity contribution in [2.45, 2.75) is 4.90 Å². The summed E-state index contributed by atoms with van der Waals surface area (Å²) in [5, 5.41) is 5.64. The van der Waals surface area contributed by atoms with Crippen molar-refractivity contribution in [1.29, 1.82) is 0 Å². The molecule has 0 atom stereocenters. The Bertz CT molecular complexity index is 995. The zero-order valence-electron chi connectivity index (χ0n) is 16.5. The highest BCUT2D eigenvalue weighted by Gasteiger charge is 2.09. The Balaban J connectivity index is 1.49. The van der Waals surface area contributed by atoms with Gasteiger partial charge in [-0.05, 0) is 42.5 Å². The smallest absolute Gasteiger partial charge is 0.262 e. The number of carbonyl (C=O) groups is 2. The van der Waals surface area contributed by atoms with Crippen LogP contribution in [0, 0.1) is 0 Å². The van der Waals surface area contributed by atoms with E-state index in [0.29, 0.717) is 22.9 Å². The third-order valence-electron chi connectivity index (χ3n) is 3.98. The van der Waals surface area contributed by atoms with Crippen molar-refractivity contribution in [3.05, 3.63) is 78.9 Å². The molecule has 0 aliphatic carbocycles. The fraction of sp³-hybridized carbons (Fsp3) is 0.130. The molecule has 0 unspecified atom stereocenters. The molecular formula is C23H22N2O4S. The van der Waals surface area contributed by atoms with E-state index in [9.17, 15) is 9.59 Å². The molecule has 0 spiro atoms. The minimum absolute atomic E-state index is 0.0807. The van der Waals surface area contributed by atoms with Crippen molar-refractivity contribution in [3.63, 3.8) is 0 Å². The zero-order chi connectivity index (χ0) is 21.2. The van der Waals surface area contributed by atoms with Crippen LogP contribution in [-0.2, 0) is 9.59 Å². The first-order valence-electron chi connectivity index (χ1n) is 9.27. The van der Waals surface area contributed by atoms with Gasteiger partial charge in [0.2, 0.25) is 5.91 Å². The van der Waals surface area contributed by atoms with E-state index in [0.717, 1.165) is 4.90 Å². The van der Waals surface area contributed by atoms with E-state index in [2.05, 4.69) is 10.6 Å². The summed E-state index contributed by atoms with van der Waals surface area (Å²) in [6, 6.07) is 23.7. The van der Waals surface area contributed by atoms with Crippen LogP contribution in [-0.4, -0.2) is 31.3 Å². The Morgan fingerprint density at radius 2 is 1.63 bits per heavy atom. The van der Waals surface area contributed by atoms with Gasteiger partial charge in [-0.1, -0.05) is 36.4 Å². The summed E-state index contributed by atoms with van der Waals surface area (Å²) < 4.78 is 10.7.